The van der Waals surface area contributed by atoms with Crippen LogP contribution in [0.4, 0.5) is 5.82 Å². The highest BCUT2D eigenvalue weighted by atomic mass is 32.1. The number of nitrogens with one attached hydrogen (secondary N) is 1. The molecule has 5 rings (SSSR count). The number of hydrogen-bond acceptors (Lipinski definition) is 6. The monoisotopic (exact) mass is 402 g/mol. The van der Waals surface area contributed by atoms with E-state index in [0.29, 0.717) is 6.54 Å². The molecule has 4 heterocycles. The summed E-state index contributed by atoms with van der Waals surface area (Å²) in [6.45, 7) is 6.08. The molecule has 1 amide bonds. The molecule has 1 atom stereocenters. The molecule has 2 aromatic rings. The van der Waals surface area contributed by atoms with Crippen molar-refractivity contribution in [1.82, 2.24) is 9.97 Å². The fraction of sp³-hybridized carbons (Fsp3) is 0.650. The van der Waals surface area contributed by atoms with E-state index in [1.807, 2.05) is 11.3 Å². The first-order valence-corrected chi connectivity index (χ1v) is 11.3. The van der Waals surface area contributed by atoms with Crippen molar-refractivity contribution in [3.8, 4) is 0 Å². The standard InChI is InChI=1S/C20H27N5O2S/c21-18(26)13-3-2-6-25(11-13)19-17-14-4-1-5-15(14)28-20(17)23-16(22-19)12-24-7-9-27-10-8-24/h13H,1-12H2,(H2,21,26)/p+1/t13-/m1/s1. The number of quaternary nitrogens is 1. The minimum Gasteiger partial charge on any atom is -0.370 e. The van der Waals surface area contributed by atoms with Gasteiger partial charge in [-0.05, 0) is 37.7 Å². The summed E-state index contributed by atoms with van der Waals surface area (Å²) in [5.41, 5.74) is 7.08. The first kappa shape index (κ1) is 18.3. The molecule has 2 fully saturated rings. The zero-order valence-electron chi connectivity index (χ0n) is 16.2. The van der Waals surface area contributed by atoms with Gasteiger partial charge in [0.05, 0.1) is 24.5 Å². The predicted molar refractivity (Wildman–Crippen MR) is 109 cm³/mol. The van der Waals surface area contributed by atoms with E-state index in [-0.39, 0.29) is 11.8 Å². The fourth-order valence-electron chi connectivity index (χ4n) is 4.79. The molecule has 7 nitrogen and oxygen atoms in total. The summed E-state index contributed by atoms with van der Waals surface area (Å²) in [6.07, 6.45) is 5.36. The summed E-state index contributed by atoms with van der Waals surface area (Å²) in [4.78, 5) is 28.2. The Labute approximate surface area is 168 Å². The molecular weight excluding hydrogens is 374 g/mol. The van der Waals surface area contributed by atoms with Crippen LogP contribution in [0, 0.1) is 5.92 Å². The molecule has 0 bridgehead atoms. The lowest BCUT2D eigenvalue weighted by molar-refractivity contribution is -0.922. The van der Waals surface area contributed by atoms with E-state index in [0.717, 1.165) is 81.5 Å². The highest BCUT2D eigenvalue weighted by Crippen LogP contribution is 2.41. The molecular formula is C20H28N5O2S+. The van der Waals surface area contributed by atoms with Crippen LogP contribution < -0.4 is 15.5 Å². The van der Waals surface area contributed by atoms with E-state index in [1.165, 1.54) is 27.1 Å². The van der Waals surface area contributed by atoms with Crippen LogP contribution >= 0.6 is 11.3 Å². The maximum Gasteiger partial charge on any atom is 0.222 e. The van der Waals surface area contributed by atoms with Crippen LogP contribution in [0.15, 0.2) is 0 Å². The summed E-state index contributed by atoms with van der Waals surface area (Å²) in [7, 11) is 0. The Kier molecular flexibility index (Phi) is 4.94. The number of ether oxygens (including phenoxy) is 1. The van der Waals surface area contributed by atoms with Gasteiger partial charge in [-0.15, -0.1) is 11.3 Å². The maximum absolute atomic E-state index is 11.8. The van der Waals surface area contributed by atoms with E-state index in [9.17, 15) is 4.79 Å². The van der Waals surface area contributed by atoms with Gasteiger partial charge in [0.25, 0.3) is 0 Å². The van der Waals surface area contributed by atoms with Crippen LogP contribution in [0.5, 0.6) is 0 Å². The normalized spacial score (nSPS) is 23.3. The number of hydrogen-bond donors (Lipinski definition) is 2. The molecule has 8 heteroatoms. The fourth-order valence-corrected chi connectivity index (χ4v) is 6.06. The smallest absolute Gasteiger partial charge is 0.222 e. The van der Waals surface area contributed by atoms with Crippen LogP contribution in [-0.4, -0.2) is 55.3 Å². The Bertz CT molecular complexity index is 892. The van der Waals surface area contributed by atoms with Gasteiger partial charge in [0.15, 0.2) is 5.82 Å². The maximum atomic E-state index is 11.8. The third-order valence-corrected chi connectivity index (χ3v) is 7.51. The number of primary amides is 1. The molecule has 0 saturated carbocycles. The number of morpholine rings is 1. The van der Waals surface area contributed by atoms with Crippen molar-refractivity contribution in [3.05, 3.63) is 16.3 Å². The minimum absolute atomic E-state index is 0.0845. The molecule has 0 spiro atoms. The zero-order chi connectivity index (χ0) is 19.1. The quantitative estimate of drug-likeness (QED) is 0.768. The molecule has 0 unspecified atom stereocenters. The summed E-state index contributed by atoms with van der Waals surface area (Å²) >= 11 is 1.84. The SMILES string of the molecule is NC(=O)[C@@H]1CCCN(c2nc(C[NH+]3CCOCC3)nc3sc4c(c23)CCC4)C1. The van der Waals surface area contributed by atoms with Gasteiger partial charge in [-0.25, -0.2) is 9.97 Å². The second kappa shape index (κ2) is 7.57. The highest BCUT2D eigenvalue weighted by Gasteiger charge is 2.30. The van der Waals surface area contributed by atoms with E-state index >= 15 is 0 Å². The average molecular weight is 403 g/mol. The van der Waals surface area contributed by atoms with Crippen LogP contribution in [0.25, 0.3) is 10.2 Å². The number of thiophene rings is 1. The molecule has 28 heavy (non-hydrogen) atoms. The number of carbonyl (C=O) groups is 1. The largest absolute Gasteiger partial charge is 0.370 e. The Morgan fingerprint density at radius 3 is 2.93 bits per heavy atom. The van der Waals surface area contributed by atoms with Crippen LogP contribution in [0.2, 0.25) is 0 Å². The van der Waals surface area contributed by atoms with Crippen LogP contribution in [0.3, 0.4) is 0 Å². The van der Waals surface area contributed by atoms with E-state index < -0.39 is 0 Å². The zero-order valence-corrected chi connectivity index (χ0v) is 17.0. The molecule has 0 radical (unpaired) electrons. The summed E-state index contributed by atoms with van der Waals surface area (Å²) in [5, 5.41) is 1.24. The second-order valence-electron chi connectivity index (χ2n) is 8.23. The Morgan fingerprint density at radius 2 is 2.11 bits per heavy atom. The third kappa shape index (κ3) is 3.38. The van der Waals surface area contributed by atoms with E-state index in [2.05, 4.69) is 4.90 Å². The number of amides is 1. The van der Waals surface area contributed by atoms with Crippen molar-refractivity contribution >= 4 is 33.3 Å². The molecule has 0 aromatic carbocycles. The lowest BCUT2D eigenvalue weighted by atomic mass is 9.97. The Morgan fingerprint density at radius 1 is 1.25 bits per heavy atom. The third-order valence-electron chi connectivity index (χ3n) is 6.32. The molecule has 2 saturated heterocycles. The van der Waals surface area contributed by atoms with Gasteiger partial charge in [0.2, 0.25) is 5.91 Å². The molecule has 3 N–H and O–H groups in total. The van der Waals surface area contributed by atoms with Gasteiger partial charge in [-0.2, -0.15) is 0 Å². The van der Waals surface area contributed by atoms with Crippen LogP contribution in [0.1, 0.15) is 35.5 Å². The summed E-state index contributed by atoms with van der Waals surface area (Å²) in [6, 6.07) is 0. The highest BCUT2D eigenvalue weighted by molar-refractivity contribution is 7.19. The van der Waals surface area contributed by atoms with E-state index in [1.54, 1.807) is 0 Å². The summed E-state index contributed by atoms with van der Waals surface area (Å²) in [5.74, 6) is 1.68. The lowest BCUT2D eigenvalue weighted by Crippen LogP contribution is -3.12. The molecule has 1 aliphatic carbocycles. The number of aromatic nitrogens is 2. The van der Waals surface area contributed by atoms with Crippen molar-refractivity contribution in [3.63, 3.8) is 0 Å². The molecule has 3 aliphatic rings. The number of fused-ring (bicyclic) bond motifs is 3. The number of anilines is 1. The van der Waals surface area contributed by atoms with Gasteiger partial charge >= 0.3 is 0 Å². The minimum atomic E-state index is -0.191. The molecule has 2 aromatic heterocycles. The van der Waals surface area contributed by atoms with Crippen molar-refractivity contribution in [2.24, 2.45) is 11.7 Å². The van der Waals surface area contributed by atoms with Gasteiger partial charge in [0.1, 0.15) is 30.3 Å². The topological polar surface area (TPSA) is 85.8 Å². The Balaban J connectivity index is 1.53. The van der Waals surface area contributed by atoms with Crippen molar-refractivity contribution in [2.75, 3.05) is 44.3 Å². The number of piperidine rings is 1. The van der Waals surface area contributed by atoms with Gasteiger partial charge in [-0.1, -0.05) is 0 Å². The van der Waals surface area contributed by atoms with Gasteiger partial charge < -0.3 is 20.3 Å². The first-order valence-electron chi connectivity index (χ1n) is 10.5. The average Bonchev–Trinajstić information content (AvgIpc) is 3.29. The van der Waals surface area contributed by atoms with Crippen LogP contribution in [-0.2, 0) is 28.9 Å². The van der Waals surface area contributed by atoms with Crippen molar-refractivity contribution in [2.45, 2.75) is 38.6 Å². The molecule has 2 aliphatic heterocycles. The van der Waals surface area contributed by atoms with Gasteiger partial charge in [0, 0.05) is 18.0 Å². The predicted octanol–water partition coefficient (Wildman–Crippen LogP) is 0.297. The number of aryl methyl sites for hydroxylation is 2. The number of nitrogens with zero attached hydrogens (tertiary/aromatic N) is 3. The van der Waals surface area contributed by atoms with Crippen molar-refractivity contribution < 1.29 is 14.4 Å². The lowest BCUT2D eigenvalue weighted by Gasteiger charge is -2.33. The Hall–Kier alpha value is -1.77. The number of rotatable bonds is 4. The van der Waals surface area contributed by atoms with E-state index in [4.69, 9.17) is 20.4 Å². The number of nitrogens with two attached hydrogens (primary N) is 1. The summed E-state index contributed by atoms with van der Waals surface area (Å²) < 4.78 is 5.49. The molecule has 150 valence electrons. The first-order chi connectivity index (χ1) is 13.7. The number of carbonyl (C=O) groups excluding carboxylic acids is 1. The van der Waals surface area contributed by atoms with Gasteiger partial charge in [-0.3, -0.25) is 4.79 Å². The van der Waals surface area contributed by atoms with Crippen molar-refractivity contribution in [1.29, 1.82) is 0 Å². The second-order valence-corrected chi connectivity index (χ2v) is 9.31.